The topological polar surface area (TPSA) is 69.0 Å². The number of pyridine rings is 1. The van der Waals surface area contributed by atoms with Crippen molar-refractivity contribution in [2.45, 2.75) is 32.7 Å². The number of rotatable bonds is 10. The highest BCUT2D eigenvalue weighted by Crippen LogP contribution is 2.17. The Morgan fingerprint density at radius 3 is 2.56 bits per heavy atom. The van der Waals surface area contributed by atoms with Gasteiger partial charge in [0, 0.05) is 25.6 Å². The lowest BCUT2D eigenvalue weighted by Crippen LogP contribution is -2.26. The van der Waals surface area contributed by atoms with E-state index in [-0.39, 0.29) is 5.91 Å². The zero-order valence-corrected chi connectivity index (χ0v) is 18.3. The lowest BCUT2D eigenvalue weighted by molar-refractivity contribution is -0.121. The third-order valence-corrected chi connectivity index (χ3v) is 5.31. The molecule has 0 atom stereocenters. The SMILES string of the molecule is CCOc1ccc(CCNC(=O)CCc2nc3cccnc3n2Cc2ccccc2)cc1. The number of fused-ring (bicyclic) bond motifs is 1. The van der Waals surface area contributed by atoms with E-state index in [0.717, 1.165) is 29.2 Å². The summed E-state index contributed by atoms with van der Waals surface area (Å²) in [5.41, 5.74) is 4.06. The molecule has 164 valence electrons. The molecule has 0 aliphatic heterocycles. The Morgan fingerprint density at radius 1 is 0.969 bits per heavy atom. The summed E-state index contributed by atoms with van der Waals surface area (Å²) in [6.45, 7) is 3.92. The molecule has 0 fully saturated rings. The highest BCUT2D eigenvalue weighted by Gasteiger charge is 2.13. The summed E-state index contributed by atoms with van der Waals surface area (Å²) in [6, 6.07) is 22.1. The Labute approximate surface area is 188 Å². The number of hydrogen-bond donors (Lipinski definition) is 1. The van der Waals surface area contributed by atoms with Gasteiger partial charge in [-0.3, -0.25) is 4.79 Å². The molecule has 4 aromatic rings. The summed E-state index contributed by atoms with van der Waals surface area (Å²) in [5, 5.41) is 3.02. The number of nitrogens with one attached hydrogen (secondary N) is 1. The van der Waals surface area contributed by atoms with Crippen molar-refractivity contribution in [3.05, 3.63) is 89.9 Å². The molecule has 6 nitrogen and oxygen atoms in total. The number of aromatic nitrogens is 3. The molecule has 0 saturated carbocycles. The molecule has 0 spiro atoms. The highest BCUT2D eigenvalue weighted by molar-refractivity contribution is 5.76. The van der Waals surface area contributed by atoms with Crippen LogP contribution in [0.5, 0.6) is 5.75 Å². The number of carbonyl (C=O) groups excluding carboxylic acids is 1. The molecule has 0 bridgehead atoms. The van der Waals surface area contributed by atoms with Crippen molar-refractivity contribution in [2.75, 3.05) is 13.2 Å². The van der Waals surface area contributed by atoms with Gasteiger partial charge in [0.05, 0.1) is 13.2 Å². The fourth-order valence-corrected chi connectivity index (χ4v) is 3.71. The van der Waals surface area contributed by atoms with Crippen LogP contribution < -0.4 is 10.1 Å². The van der Waals surface area contributed by atoms with Crippen LogP contribution in [0.1, 0.15) is 30.3 Å². The minimum absolute atomic E-state index is 0.0298. The van der Waals surface area contributed by atoms with E-state index < -0.39 is 0 Å². The molecule has 0 aliphatic carbocycles. The summed E-state index contributed by atoms with van der Waals surface area (Å²) >= 11 is 0. The van der Waals surface area contributed by atoms with Gasteiger partial charge in [0.15, 0.2) is 5.65 Å². The molecule has 0 radical (unpaired) electrons. The number of amides is 1. The number of benzene rings is 2. The van der Waals surface area contributed by atoms with Gasteiger partial charge in [-0.15, -0.1) is 0 Å². The van der Waals surface area contributed by atoms with Gasteiger partial charge in [0.1, 0.15) is 17.1 Å². The number of nitrogens with zero attached hydrogens (tertiary/aromatic N) is 3. The minimum atomic E-state index is 0.0298. The Balaban J connectivity index is 1.34. The maximum absolute atomic E-state index is 12.4. The molecular formula is C26H28N4O2. The highest BCUT2D eigenvalue weighted by atomic mass is 16.5. The van der Waals surface area contributed by atoms with Gasteiger partial charge in [-0.2, -0.15) is 0 Å². The second kappa shape index (κ2) is 10.6. The first-order chi connectivity index (χ1) is 15.7. The first kappa shape index (κ1) is 21.6. The van der Waals surface area contributed by atoms with Crippen molar-refractivity contribution in [2.24, 2.45) is 0 Å². The van der Waals surface area contributed by atoms with Crippen LogP contribution in [0.3, 0.4) is 0 Å². The van der Waals surface area contributed by atoms with Gasteiger partial charge in [-0.25, -0.2) is 9.97 Å². The molecule has 32 heavy (non-hydrogen) atoms. The molecule has 1 N–H and O–H groups in total. The van der Waals surface area contributed by atoms with E-state index >= 15 is 0 Å². The van der Waals surface area contributed by atoms with Crippen molar-refractivity contribution in [3.8, 4) is 5.75 Å². The maximum Gasteiger partial charge on any atom is 0.220 e. The second-order valence-corrected chi connectivity index (χ2v) is 7.62. The van der Waals surface area contributed by atoms with E-state index in [2.05, 4.69) is 27.0 Å². The van der Waals surface area contributed by atoms with E-state index in [9.17, 15) is 4.79 Å². The number of aryl methyl sites for hydroxylation is 1. The fraction of sp³-hybridized carbons (Fsp3) is 0.269. The summed E-state index contributed by atoms with van der Waals surface area (Å²) in [5.74, 6) is 1.78. The lowest BCUT2D eigenvalue weighted by Gasteiger charge is -2.10. The van der Waals surface area contributed by atoms with Crippen LogP contribution in [0, 0.1) is 0 Å². The van der Waals surface area contributed by atoms with Crippen molar-refractivity contribution in [3.63, 3.8) is 0 Å². The standard InChI is InChI=1S/C26H28N4O2/c1-2-32-22-12-10-20(11-13-22)16-18-27-25(31)15-14-24-29-23-9-6-17-28-26(23)30(24)19-21-7-4-3-5-8-21/h3-13,17H,2,14-16,18-19H2,1H3,(H,27,31). The largest absolute Gasteiger partial charge is 0.494 e. The first-order valence-corrected chi connectivity index (χ1v) is 11.1. The van der Waals surface area contributed by atoms with E-state index in [4.69, 9.17) is 9.72 Å². The van der Waals surface area contributed by atoms with Gasteiger partial charge in [0.25, 0.3) is 0 Å². The van der Waals surface area contributed by atoms with E-state index in [1.165, 1.54) is 11.1 Å². The monoisotopic (exact) mass is 428 g/mol. The fourth-order valence-electron chi connectivity index (χ4n) is 3.71. The zero-order valence-electron chi connectivity index (χ0n) is 18.3. The van der Waals surface area contributed by atoms with Gasteiger partial charge >= 0.3 is 0 Å². The molecule has 4 rings (SSSR count). The Hall–Kier alpha value is -3.67. The Kier molecular flexibility index (Phi) is 7.12. The van der Waals surface area contributed by atoms with Gasteiger partial charge in [-0.1, -0.05) is 42.5 Å². The third-order valence-electron chi connectivity index (χ3n) is 5.31. The second-order valence-electron chi connectivity index (χ2n) is 7.62. The summed E-state index contributed by atoms with van der Waals surface area (Å²) in [4.78, 5) is 21.7. The zero-order chi connectivity index (χ0) is 22.2. The molecule has 6 heteroatoms. The quantitative estimate of drug-likeness (QED) is 0.412. The van der Waals surface area contributed by atoms with Crippen molar-refractivity contribution in [1.29, 1.82) is 0 Å². The van der Waals surface area contributed by atoms with Crippen LogP contribution in [0.2, 0.25) is 0 Å². The van der Waals surface area contributed by atoms with E-state index in [1.807, 2.05) is 61.5 Å². The van der Waals surface area contributed by atoms with Crippen LogP contribution in [0.15, 0.2) is 72.9 Å². The maximum atomic E-state index is 12.4. The average molecular weight is 429 g/mol. The first-order valence-electron chi connectivity index (χ1n) is 11.1. The van der Waals surface area contributed by atoms with Gasteiger partial charge in [0.2, 0.25) is 5.91 Å². The number of hydrogen-bond acceptors (Lipinski definition) is 4. The van der Waals surface area contributed by atoms with Crippen LogP contribution in [-0.4, -0.2) is 33.6 Å². The van der Waals surface area contributed by atoms with Gasteiger partial charge < -0.3 is 14.6 Å². The predicted octanol–water partition coefficient (Wildman–Crippen LogP) is 4.17. The average Bonchev–Trinajstić information content (AvgIpc) is 3.17. The van der Waals surface area contributed by atoms with Crippen LogP contribution in [-0.2, 0) is 24.2 Å². The Bertz CT molecular complexity index is 1150. The van der Waals surface area contributed by atoms with Crippen molar-refractivity contribution >= 4 is 17.1 Å². The summed E-state index contributed by atoms with van der Waals surface area (Å²) in [7, 11) is 0. The summed E-state index contributed by atoms with van der Waals surface area (Å²) < 4.78 is 7.57. The van der Waals surface area contributed by atoms with Crippen LogP contribution in [0.4, 0.5) is 0 Å². The minimum Gasteiger partial charge on any atom is -0.494 e. The van der Waals surface area contributed by atoms with Crippen molar-refractivity contribution in [1.82, 2.24) is 19.9 Å². The molecule has 2 aromatic carbocycles. The molecular weight excluding hydrogens is 400 g/mol. The van der Waals surface area contributed by atoms with E-state index in [0.29, 0.717) is 32.5 Å². The Morgan fingerprint density at radius 2 is 1.78 bits per heavy atom. The summed E-state index contributed by atoms with van der Waals surface area (Å²) in [6.07, 6.45) is 3.52. The smallest absolute Gasteiger partial charge is 0.220 e. The number of ether oxygens (including phenoxy) is 1. The van der Waals surface area contributed by atoms with E-state index in [1.54, 1.807) is 6.20 Å². The molecule has 0 saturated heterocycles. The van der Waals surface area contributed by atoms with Crippen molar-refractivity contribution < 1.29 is 9.53 Å². The van der Waals surface area contributed by atoms with Crippen LogP contribution >= 0.6 is 0 Å². The van der Waals surface area contributed by atoms with Gasteiger partial charge in [-0.05, 0) is 48.7 Å². The normalized spacial score (nSPS) is 10.9. The molecule has 2 aromatic heterocycles. The van der Waals surface area contributed by atoms with Crippen LogP contribution in [0.25, 0.3) is 11.2 Å². The number of carbonyl (C=O) groups is 1. The molecule has 0 unspecified atom stereocenters. The molecule has 2 heterocycles. The molecule has 0 aliphatic rings. The third kappa shape index (κ3) is 5.52. The molecule has 1 amide bonds. The lowest BCUT2D eigenvalue weighted by atomic mass is 10.1. The number of imidazole rings is 1. The predicted molar refractivity (Wildman–Crippen MR) is 126 cm³/mol.